The molecule has 3 rings (SSSR count). The zero-order chi connectivity index (χ0) is 18.0. The fourth-order valence-electron chi connectivity index (χ4n) is 2.69. The summed E-state index contributed by atoms with van der Waals surface area (Å²) < 4.78 is 20.6. The van der Waals surface area contributed by atoms with E-state index in [1.807, 2.05) is 24.5 Å². The monoisotopic (exact) mass is 341 g/mol. The number of hydrogen-bond donors (Lipinski definition) is 1. The van der Waals surface area contributed by atoms with Crippen molar-refractivity contribution in [1.29, 1.82) is 0 Å². The number of methoxy groups -OCH3 is 1. The number of imidazole rings is 1. The first kappa shape index (κ1) is 17.0. The molecule has 25 heavy (non-hydrogen) atoms. The number of nitrogens with one attached hydrogen (secondary N) is 1. The Hall–Kier alpha value is -2.89. The van der Waals surface area contributed by atoms with Crippen molar-refractivity contribution in [2.75, 3.05) is 7.11 Å². The van der Waals surface area contributed by atoms with Crippen molar-refractivity contribution >= 4 is 16.9 Å². The Morgan fingerprint density at radius 2 is 2.08 bits per heavy atom. The summed E-state index contributed by atoms with van der Waals surface area (Å²) >= 11 is 0. The number of carbonyl (C=O) groups is 1. The predicted octanol–water partition coefficient (Wildman–Crippen LogP) is 3.69. The first-order chi connectivity index (χ1) is 12.0. The van der Waals surface area contributed by atoms with Crippen LogP contribution in [-0.2, 0) is 6.54 Å². The van der Waals surface area contributed by atoms with Crippen LogP contribution in [0.5, 0.6) is 5.75 Å². The number of hydrogen-bond acceptors (Lipinski definition) is 3. The number of benzene rings is 2. The fraction of sp³-hybridized carbons (Fsp3) is 0.263. The van der Waals surface area contributed by atoms with Gasteiger partial charge in [-0.1, -0.05) is 6.07 Å². The van der Waals surface area contributed by atoms with Crippen LogP contribution < -0.4 is 10.1 Å². The summed E-state index contributed by atoms with van der Waals surface area (Å²) in [6.45, 7) is 4.55. The Balaban J connectivity index is 1.71. The maximum absolute atomic E-state index is 13.7. The average molecular weight is 341 g/mol. The second-order valence-electron chi connectivity index (χ2n) is 6.10. The zero-order valence-electron chi connectivity index (χ0n) is 14.4. The molecule has 0 aliphatic heterocycles. The second kappa shape index (κ2) is 6.93. The van der Waals surface area contributed by atoms with E-state index in [0.717, 1.165) is 16.6 Å². The molecule has 0 fully saturated rings. The maximum Gasteiger partial charge on any atom is 0.251 e. The molecule has 0 saturated carbocycles. The van der Waals surface area contributed by atoms with Crippen LogP contribution in [0.15, 0.2) is 42.7 Å². The van der Waals surface area contributed by atoms with Crippen LogP contribution in [0.3, 0.4) is 0 Å². The SMILES string of the molecule is COc1ccc(C(=O)NCc2ccc3c(c2)ncn3C(C)C)cc1F. The van der Waals surface area contributed by atoms with Crippen LogP contribution in [0.25, 0.3) is 11.0 Å². The third-order valence-electron chi connectivity index (χ3n) is 4.06. The molecule has 1 aromatic heterocycles. The minimum Gasteiger partial charge on any atom is -0.494 e. The number of rotatable bonds is 5. The zero-order valence-corrected chi connectivity index (χ0v) is 14.4. The van der Waals surface area contributed by atoms with E-state index in [0.29, 0.717) is 12.6 Å². The molecule has 0 bridgehead atoms. The topological polar surface area (TPSA) is 56.1 Å². The van der Waals surface area contributed by atoms with Crippen molar-refractivity contribution in [2.45, 2.75) is 26.4 Å². The lowest BCUT2D eigenvalue weighted by atomic mass is 10.1. The standard InChI is InChI=1S/C19H20FN3O2/c1-12(2)23-11-22-16-8-13(4-6-17(16)23)10-21-19(24)14-5-7-18(25-3)15(20)9-14/h4-9,11-12H,10H2,1-3H3,(H,21,24). The largest absolute Gasteiger partial charge is 0.494 e. The molecule has 0 spiro atoms. The quantitative estimate of drug-likeness (QED) is 0.770. The van der Waals surface area contributed by atoms with Crippen molar-refractivity contribution in [3.8, 4) is 5.75 Å². The van der Waals surface area contributed by atoms with Gasteiger partial charge in [-0.2, -0.15) is 0 Å². The first-order valence-corrected chi connectivity index (χ1v) is 8.07. The Morgan fingerprint density at radius 1 is 1.28 bits per heavy atom. The van der Waals surface area contributed by atoms with Gasteiger partial charge in [-0.25, -0.2) is 9.37 Å². The van der Waals surface area contributed by atoms with Gasteiger partial charge in [0.25, 0.3) is 5.91 Å². The molecule has 0 aliphatic rings. The Labute approximate surface area is 145 Å². The Kier molecular flexibility index (Phi) is 4.70. The molecular formula is C19H20FN3O2. The Bertz CT molecular complexity index is 918. The molecule has 0 radical (unpaired) electrons. The van der Waals surface area contributed by atoms with Crippen LogP contribution in [0, 0.1) is 5.82 Å². The highest BCUT2D eigenvalue weighted by molar-refractivity contribution is 5.94. The predicted molar refractivity (Wildman–Crippen MR) is 94.2 cm³/mol. The van der Waals surface area contributed by atoms with Gasteiger partial charge in [0.15, 0.2) is 11.6 Å². The molecule has 2 aromatic carbocycles. The van der Waals surface area contributed by atoms with Gasteiger partial charge < -0.3 is 14.6 Å². The first-order valence-electron chi connectivity index (χ1n) is 8.07. The summed E-state index contributed by atoms with van der Waals surface area (Å²) in [4.78, 5) is 16.6. The summed E-state index contributed by atoms with van der Waals surface area (Å²) in [6.07, 6.45) is 1.82. The van der Waals surface area contributed by atoms with Crippen molar-refractivity contribution < 1.29 is 13.9 Å². The number of aromatic nitrogens is 2. The van der Waals surface area contributed by atoms with Crippen molar-refractivity contribution in [3.63, 3.8) is 0 Å². The van der Waals surface area contributed by atoms with Crippen LogP contribution in [0.1, 0.15) is 35.8 Å². The molecule has 1 heterocycles. The number of carbonyl (C=O) groups excluding carboxylic acids is 1. The molecule has 130 valence electrons. The molecule has 3 aromatic rings. The van der Waals surface area contributed by atoms with E-state index in [2.05, 4.69) is 28.7 Å². The van der Waals surface area contributed by atoms with Gasteiger partial charge in [0, 0.05) is 18.2 Å². The fourth-order valence-corrected chi connectivity index (χ4v) is 2.69. The highest BCUT2D eigenvalue weighted by atomic mass is 19.1. The number of fused-ring (bicyclic) bond motifs is 1. The van der Waals surface area contributed by atoms with Gasteiger partial charge in [-0.15, -0.1) is 0 Å². The highest BCUT2D eigenvalue weighted by Crippen LogP contribution is 2.20. The smallest absolute Gasteiger partial charge is 0.251 e. The van der Waals surface area contributed by atoms with Gasteiger partial charge in [0.05, 0.1) is 24.5 Å². The second-order valence-corrected chi connectivity index (χ2v) is 6.10. The molecule has 0 saturated heterocycles. The maximum atomic E-state index is 13.7. The summed E-state index contributed by atoms with van der Waals surface area (Å²) in [7, 11) is 1.38. The van der Waals surface area contributed by atoms with Gasteiger partial charge in [0.1, 0.15) is 0 Å². The van der Waals surface area contributed by atoms with E-state index >= 15 is 0 Å². The molecule has 6 heteroatoms. The van der Waals surface area contributed by atoms with Gasteiger partial charge in [-0.05, 0) is 49.7 Å². The minimum absolute atomic E-state index is 0.114. The number of nitrogens with zero attached hydrogens (tertiary/aromatic N) is 2. The van der Waals surface area contributed by atoms with Crippen LogP contribution in [-0.4, -0.2) is 22.6 Å². The number of amides is 1. The summed E-state index contributed by atoms with van der Waals surface area (Å²) in [6, 6.07) is 10.4. The van der Waals surface area contributed by atoms with E-state index in [9.17, 15) is 9.18 Å². The van der Waals surface area contributed by atoms with Crippen LogP contribution in [0.4, 0.5) is 4.39 Å². The average Bonchev–Trinajstić information content (AvgIpc) is 3.03. The van der Waals surface area contributed by atoms with Gasteiger partial charge in [-0.3, -0.25) is 4.79 Å². The summed E-state index contributed by atoms with van der Waals surface area (Å²) in [5.41, 5.74) is 3.13. The molecular weight excluding hydrogens is 321 g/mol. The molecule has 0 unspecified atom stereocenters. The highest BCUT2D eigenvalue weighted by Gasteiger charge is 2.11. The lowest BCUT2D eigenvalue weighted by Crippen LogP contribution is -2.22. The van der Waals surface area contributed by atoms with Crippen molar-refractivity contribution in [2.24, 2.45) is 0 Å². The van der Waals surface area contributed by atoms with E-state index in [4.69, 9.17) is 4.74 Å². The van der Waals surface area contributed by atoms with Crippen molar-refractivity contribution in [1.82, 2.24) is 14.9 Å². The van der Waals surface area contributed by atoms with E-state index in [-0.39, 0.29) is 17.2 Å². The van der Waals surface area contributed by atoms with E-state index in [1.54, 1.807) is 0 Å². The molecule has 5 nitrogen and oxygen atoms in total. The lowest BCUT2D eigenvalue weighted by Gasteiger charge is -2.09. The summed E-state index contributed by atoms with van der Waals surface area (Å²) in [5, 5.41) is 2.79. The molecule has 0 atom stereocenters. The molecule has 1 N–H and O–H groups in total. The molecule has 1 amide bonds. The third-order valence-corrected chi connectivity index (χ3v) is 4.06. The normalized spacial score (nSPS) is 11.1. The summed E-state index contributed by atoms with van der Waals surface area (Å²) in [5.74, 6) is -0.784. The van der Waals surface area contributed by atoms with Gasteiger partial charge in [0.2, 0.25) is 0 Å². The van der Waals surface area contributed by atoms with Crippen molar-refractivity contribution in [3.05, 3.63) is 59.7 Å². The lowest BCUT2D eigenvalue weighted by molar-refractivity contribution is 0.0950. The van der Waals surface area contributed by atoms with Crippen LogP contribution >= 0.6 is 0 Å². The molecule has 0 aliphatic carbocycles. The van der Waals surface area contributed by atoms with Crippen LogP contribution in [0.2, 0.25) is 0 Å². The van der Waals surface area contributed by atoms with E-state index < -0.39 is 5.82 Å². The number of ether oxygens (including phenoxy) is 1. The Morgan fingerprint density at radius 3 is 2.76 bits per heavy atom. The third kappa shape index (κ3) is 3.47. The van der Waals surface area contributed by atoms with E-state index in [1.165, 1.54) is 25.3 Å². The minimum atomic E-state index is -0.559. The number of halogens is 1. The van der Waals surface area contributed by atoms with Gasteiger partial charge >= 0.3 is 0 Å².